The number of benzene rings is 1. The molecule has 0 fully saturated rings. The first-order chi connectivity index (χ1) is 9.26. The van der Waals surface area contributed by atoms with Crippen molar-refractivity contribution in [2.24, 2.45) is 0 Å². The zero-order valence-electron chi connectivity index (χ0n) is 11.1. The Morgan fingerprint density at radius 2 is 2.26 bits per heavy atom. The Bertz CT molecular complexity index is 541. The number of aryl methyl sites for hydroxylation is 1. The number of methoxy groups -OCH3 is 1. The molecule has 0 amide bonds. The summed E-state index contributed by atoms with van der Waals surface area (Å²) in [5.74, 6) is 0.922. The molecule has 0 bridgehead atoms. The van der Waals surface area contributed by atoms with Crippen molar-refractivity contribution in [1.82, 2.24) is 14.8 Å². The van der Waals surface area contributed by atoms with Crippen LogP contribution in [-0.2, 0) is 24.4 Å². The van der Waals surface area contributed by atoms with E-state index in [1.807, 2.05) is 29.8 Å². The van der Waals surface area contributed by atoms with Gasteiger partial charge in [-0.2, -0.15) is 5.10 Å². The second kappa shape index (κ2) is 6.68. The highest BCUT2D eigenvalue weighted by Gasteiger charge is 2.08. The standard InChI is InChI=1S/C13H17BrN4O/c1-3-18-13(16-9-17-18)7-15-12-6-4-5-11(14)10(12)8-19-2/h4-6,9,15H,3,7-8H2,1-2H3. The van der Waals surface area contributed by atoms with E-state index in [-0.39, 0.29) is 0 Å². The van der Waals surface area contributed by atoms with Gasteiger partial charge in [-0.25, -0.2) is 9.67 Å². The maximum absolute atomic E-state index is 5.23. The average molecular weight is 325 g/mol. The van der Waals surface area contributed by atoms with Gasteiger partial charge in [0.2, 0.25) is 0 Å². The Balaban J connectivity index is 2.13. The molecule has 0 unspecified atom stereocenters. The van der Waals surface area contributed by atoms with Crippen LogP contribution in [0.3, 0.4) is 0 Å². The Morgan fingerprint density at radius 1 is 1.42 bits per heavy atom. The van der Waals surface area contributed by atoms with Crippen molar-refractivity contribution in [3.8, 4) is 0 Å². The van der Waals surface area contributed by atoms with E-state index in [2.05, 4.69) is 31.3 Å². The van der Waals surface area contributed by atoms with E-state index < -0.39 is 0 Å². The van der Waals surface area contributed by atoms with Crippen LogP contribution >= 0.6 is 15.9 Å². The lowest BCUT2D eigenvalue weighted by atomic mass is 10.2. The van der Waals surface area contributed by atoms with Crippen LogP contribution in [0.25, 0.3) is 0 Å². The summed E-state index contributed by atoms with van der Waals surface area (Å²) in [5.41, 5.74) is 2.15. The van der Waals surface area contributed by atoms with E-state index in [1.54, 1.807) is 13.4 Å². The molecule has 1 aromatic heterocycles. The highest BCUT2D eigenvalue weighted by atomic mass is 79.9. The zero-order valence-corrected chi connectivity index (χ0v) is 12.6. The lowest BCUT2D eigenvalue weighted by Crippen LogP contribution is -2.10. The monoisotopic (exact) mass is 324 g/mol. The molecule has 0 atom stereocenters. The third-order valence-corrected chi connectivity index (χ3v) is 3.58. The molecule has 1 N–H and O–H groups in total. The minimum absolute atomic E-state index is 0.560. The van der Waals surface area contributed by atoms with Crippen molar-refractivity contribution >= 4 is 21.6 Å². The summed E-state index contributed by atoms with van der Waals surface area (Å²) in [6, 6.07) is 6.04. The van der Waals surface area contributed by atoms with Crippen LogP contribution in [-0.4, -0.2) is 21.9 Å². The predicted molar refractivity (Wildman–Crippen MR) is 77.9 cm³/mol. The molecule has 1 heterocycles. The highest BCUT2D eigenvalue weighted by Crippen LogP contribution is 2.25. The van der Waals surface area contributed by atoms with E-state index in [1.165, 1.54) is 0 Å². The molecule has 19 heavy (non-hydrogen) atoms. The Kier molecular flexibility index (Phi) is 4.93. The quantitative estimate of drug-likeness (QED) is 0.887. The fourth-order valence-electron chi connectivity index (χ4n) is 1.88. The van der Waals surface area contributed by atoms with Crippen LogP contribution in [0.1, 0.15) is 18.3 Å². The first-order valence-corrected chi connectivity index (χ1v) is 6.92. The number of hydrogen-bond donors (Lipinski definition) is 1. The highest BCUT2D eigenvalue weighted by molar-refractivity contribution is 9.10. The molecular weight excluding hydrogens is 308 g/mol. The van der Waals surface area contributed by atoms with E-state index in [9.17, 15) is 0 Å². The maximum atomic E-state index is 5.23. The Labute approximate surface area is 121 Å². The summed E-state index contributed by atoms with van der Waals surface area (Å²) in [5, 5.41) is 7.54. The van der Waals surface area contributed by atoms with Crippen LogP contribution in [0, 0.1) is 0 Å². The van der Waals surface area contributed by atoms with E-state index >= 15 is 0 Å². The number of rotatable bonds is 6. The van der Waals surface area contributed by atoms with Gasteiger partial charge in [0.25, 0.3) is 0 Å². The van der Waals surface area contributed by atoms with Crippen LogP contribution in [0.5, 0.6) is 0 Å². The van der Waals surface area contributed by atoms with Crippen LogP contribution in [0.4, 0.5) is 5.69 Å². The maximum Gasteiger partial charge on any atom is 0.146 e. The first-order valence-electron chi connectivity index (χ1n) is 6.13. The van der Waals surface area contributed by atoms with Gasteiger partial charge in [0, 0.05) is 29.4 Å². The topological polar surface area (TPSA) is 52.0 Å². The number of ether oxygens (including phenoxy) is 1. The van der Waals surface area contributed by atoms with Gasteiger partial charge in [0.15, 0.2) is 0 Å². The lowest BCUT2D eigenvalue weighted by molar-refractivity contribution is 0.185. The summed E-state index contributed by atoms with van der Waals surface area (Å²) in [6.07, 6.45) is 1.58. The third-order valence-electron chi connectivity index (χ3n) is 2.84. The minimum Gasteiger partial charge on any atom is -0.380 e. The summed E-state index contributed by atoms with van der Waals surface area (Å²) in [6.45, 7) is 4.07. The van der Waals surface area contributed by atoms with Gasteiger partial charge in [-0.1, -0.05) is 22.0 Å². The third kappa shape index (κ3) is 3.33. The van der Waals surface area contributed by atoms with Crippen molar-refractivity contribution in [3.05, 3.63) is 40.4 Å². The van der Waals surface area contributed by atoms with E-state index in [0.29, 0.717) is 13.2 Å². The van der Waals surface area contributed by atoms with E-state index in [0.717, 1.165) is 28.1 Å². The SMILES string of the molecule is CCn1ncnc1CNc1cccc(Br)c1COC. The summed E-state index contributed by atoms with van der Waals surface area (Å²) >= 11 is 3.54. The molecule has 1 aromatic carbocycles. The van der Waals surface area contributed by atoms with Gasteiger partial charge in [-0.15, -0.1) is 0 Å². The molecule has 0 aliphatic heterocycles. The van der Waals surface area contributed by atoms with Crippen molar-refractivity contribution in [2.75, 3.05) is 12.4 Å². The molecule has 2 rings (SSSR count). The molecule has 0 spiro atoms. The lowest BCUT2D eigenvalue weighted by Gasteiger charge is -2.13. The summed E-state index contributed by atoms with van der Waals surface area (Å²) in [7, 11) is 1.69. The van der Waals surface area contributed by atoms with Crippen molar-refractivity contribution < 1.29 is 4.74 Å². The van der Waals surface area contributed by atoms with Gasteiger partial charge in [0.05, 0.1) is 13.2 Å². The normalized spacial score (nSPS) is 10.7. The van der Waals surface area contributed by atoms with Gasteiger partial charge in [-0.3, -0.25) is 0 Å². The molecule has 0 aliphatic rings. The molecule has 0 aliphatic carbocycles. The first kappa shape index (κ1) is 14.0. The van der Waals surface area contributed by atoms with Crippen LogP contribution in [0.2, 0.25) is 0 Å². The van der Waals surface area contributed by atoms with Crippen molar-refractivity contribution in [3.63, 3.8) is 0 Å². The van der Waals surface area contributed by atoms with Gasteiger partial charge < -0.3 is 10.1 Å². The molecular formula is C13H17BrN4O. The summed E-state index contributed by atoms with van der Waals surface area (Å²) < 4.78 is 8.14. The number of hydrogen-bond acceptors (Lipinski definition) is 4. The summed E-state index contributed by atoms with van der Waals surface area (Å²) in [4.78, 5) is 4.25. The van der Waals surface area contributed by atoms with Crippen LogP contribution < -0.4 is 5.32 Å². The molecule has 0 saturated heterocycles. The predicted octanol–water partition coefficient (Wildman–Crippen LogP) is 2.82. The zero-order chi connectivity index (χ0) is 13.7. The molecule has 0 saturated carbocycles. The molecule has 2 aromatic rings. The van der Waals surface area contributed by atoms with Crippen LogP contribution in [0.15, 0.2) is 29.0 Å². The smallest absolute Gasteiger partial charge is 0.146 e. The minimum atomic E-state index is 0.560. The van der Waals surface area contributed by atoms with Gasteiger partial charge >= 0.3 is 0 Å². The fourth-order valence-corrected chi connectivity index (χ4v) is 2.36. The number of halogens is 1. The van der Waals surface area contributed by atoms with E-state index in [4.69, 9.17) is 4.74 Å². The average Bonchev–Trinajstić information content (AvgIpc) is 2.87. The molecule has 102 valence electrons. The second-order valence-electron chi connectivity index (χ2n) is 4.04. The second-order valence-corrected chi connectivity index (χ2v) is 4.90. The largest absolute Gasteiger partial charge is 0.380 e. The Hall–Kier alpha value is -1.40. The molecule has 5 nitrogen and oxygen atoms in total. The number of anilines is 1. The van der Waals surface area contributed by atoms with Crippen molar-refractivity contribution in [2.45, 2.75) is 26.6 Å². The number of aromatic nitrogens is 3. The molecule has 0 radical (unpaired) electrons. The van der Waals surface area contributed by atoms with Gasteiger partial charge in [-0.05, 0) is 19.1 Å². The number of nitrogens with one attached hydrogen (secondary N) is 1. The fraction of sp³-hybridized carbons (Fsp3) is 0.385. The Morgan fingerprint density at radius 3 is 3.00 bits per heavy atom. The van der Waals surface area contributed by atoms with Crippen molar-refractivity contribution in [1.29, 1.82) is 0 Å². The molecule has 6 heteroatoms. The van der Waals surface area contributed by atoms with Gasteiger partial charge in [0.1, 0.15) is 12.2 Å². The number of nitrogens with zero attached hydrogens (tertiary/aromatic N) is 3.